The van der Waals surface area contributed by atoms with Gasteiger partial charge in [0.25, 0.3) is 0 Å². The number of benzene rings is 1. The van der Waals surface area contributed by atoms with Crippen LogP contribution in [0.1, 0.15) is 11.3 Å². The van der Waals surface area contributed by atoms with Crippen LogP contribution in [0.3, 0.4) is 0 Å². The van der Waals surface area contributed by atoms with E-state index in [0.717, 1.165) is 16.9 Å². The van der Waals surface area contributed by atoms with E-state index >= 15 is 0 Å². The van der Waals surface area contributed by atoms with Gasteiger partial charge < -0.3 is 10.3 Å². The minimum atomic E-state index is -3.42. The van der Waals surface area contributed by atoms with Crippen molar-refractivity contribution in [2.75, 3.05) is 12.4 Å². The second kappa shape index (κ2) is 5.46. The molecule has 0 saturated heterocycles. The van der Waals surface area contributed by atoms with E-state index < -0.39 is 10.0 Å². The van der Waals surface area contributed by atoms with Gasteiger partial charge in [0.2, 0.25) is 10.0 Å². The Hall–Kier alpha value is -1.79. The number of nitrogens with one attached hydrogen (secondary N) is 3. The Morgan fingerprint density at radius 3 is 2.68 bits per heavy atom. The molecule has 0 spiro atoms. The summed E-state index contributed by atoms with van der Waals surface area (Å²) in [7, 11) is -2.01. The lowest BCUT2D eigenvalue weighted by molar-refractivity contribution is 0.587. The molecule has 2 rings (SSSR count). The molecule has 0 atom stereocenters. The van der Waals surface area contributed by atoms with Crippen LogP contribution in [0.15, 0.2) is 41.4 Å². The zero-order valence-electron chi connectivity index (χ0n) is 10.9. The molecular weight excluding hydrogens is 262 g/mol. The van der Waals surface area contributed by atoms with E-state index in [2.05, 4.69) is 15.0 Å². The predicted octanol–water partition coefficient (Wildman–Crippen LogP) is 1.84. The number of sulfonamides is 1. The number of aromatic amines is 1. The Kier molecular flexibility index (Phi) is 3.92. The van der Waals surface area contributed by atoms with E-state index in [1.165, 1.54) is 7.05 Å². The van der Waals surface area contributed by atoms with Crippen LogP contribution in [-0.2, 0) is 16.6 Å². The van der Waals surface area contributed by atoms with Gasteiger partial charge in [0.15, 0.2) is 0 Å². The number of anilines is 1. The summed E-state index contributed by atoms with van der Waals surface area (Å²) in [5.74, 6) is 0. The number of aryl methyl sites for hydroxylation is 1. The van der Waals surface area contributed by atoms with Gasteiger partial charge in [-0.15, -0.1) is 0 Å². The summed E-state index contributed by atoms with van der Waals surface area (Å²) in [6, 6.07) is 9.19. The van der Waals surface area contributed by atoms with Crippen molar-refractivity contribution in [3.63, 3.8) is 0 Å². The van der Waals surface area contributed by atoms with Gasteiger partial charge in [-0.2, -0.15) is 0 Å². The van der Waals surface area contributed by atoms with Gasteiger partial charge >= 0.3 is 0 Å². The summed E-state index contributed by atoms with van der Waals surface area (Å²) < 4.78 is 26.1. The zero-order valence-corrected chi connectivity index (χ0v) is 11.7. The van der Waals surface area contributed by atoms with E-state index in [1.54, 1.807) is 19.1 Å². The van der Waals surface area contributed by atoms with Gasteiger partial charge in [-0.3, -0.25) is 0 Å². The second-order valence-corrected chi connectivity index (χ2v) is 6.09. The van der Waals surface area contributed by atoms with Crippen molar-refractivity contribution in [3.8, 4) is 0 Å². The highest BCUT2D eigenvalue weighted by Crippen LogP contribution is 2.20. The van der Waals surface area contributed by atoms with Crippen molar-refractivity contribution >= 4 is 15.7 Å². The first-order chi connectivity index (χ1) is 9.03. The number of rotatable bonds is 5. The Morgan fingerprint density at radius 1 is 1.26 bits per heavy atom. The van der Waals surface area contributed by atoms with Gasteiger partial charge in [-0.05, 0) is 43.8 Å². The molecule has 6 heteroatoms. The van der Waals surface area contributed by atoms with E-state index in [-0.39, 0.29) is 0 Å². The summed E-state index contributed by atoms with van der Waals surface area (Å²) in [6.45, 7) is 2.40. The Morgan fingerprint density at radius 2 is 2.05 bits per heavy atom. The van der Waals surface area contributed by atoms with Crippen LogP contribution in [0.5, 0.6) is 0 Å². The Bertz CT molecular complexity index is 649. The summed E-state index contributed by atoms with van der Waals surface area (Å²) in [6.07, 6.45) is 1.85. The summed E-state index contributed by atoms with van der Waals surface area (Å²) in [5, 5.41) is 3.19. The third kappa shape index (κ3) is 3.15. The van der Waals surface area contributed by atoms with E-state index in [9.17, 15) is 8.42 Å². The fraction of sp³-hybridized carbons (Fsp3) is 0.231. The SMILES string of the molecule is CNS(=O)(=O)c1cc(NCc2ccc[nH]2)ccc1C. The van der Waals surface area contributed by atoms with Gasteiger partial charge in [0.1, 0.15) is 0 Å². The molecule has 19 heavy (non-hydrogen) atoms. The first-order valence-electron chi connectivity index (χ1n) is 5.93. The molecule has 5 nitrogen and oxygen atoms in total. The van der Waals surface area contributed by atoms with Crippen LogP contribution in [0.25, 0.3) is 0 Å². The summed E-state index contributed by atoms with van der Waals surface area (Å²) in [4.78, 5) is 3.38. The summed E-state index contributed by atoms with van der Waals surface area (Å²) in [5.41, 5.74) is 2.53. The van der Waals surface area contributed by atoms with Crippen molar-refractivity contribution < 1.29 is 8.42 Å². The molecule has 0 radical (unpaired) electrons. The molecule has 0 aliphatic heterocycles. The molecule has 1 aromatic heterocycles. The number of hydrogen-bond donors (Lipinski definition) is 3. The minimum absolute atomic E-state index is 0.298. The Balaban J connectivity index is 2.21. The first kappa shape index (κ1) is 13.6. The minimum Gasteiger partial charge on any atom is -0.379 e. The van der Waals surface area contributed by atoms with Crippen LogP contribution >= 0.6 is 0 Å². The number of hydrogen-bond acceptors (Lipinski definition) is 3. The third-order valence-corrected chi connectivity index (χ3v) is 4.45. The van der Waals surface area contributed by atoms with Gasteiger partial charge in [0, 0.05) is 17.6 Å². The molecule has 0 fully saturated rings. The second-order valence-electron chi connectivity index (χ2n) is 4.24. The topological polar surface area (TPSA) is 74.0 Å². The molecule has 1 aromatic carbocycles. The molecule has 0 saturated carbocycles. The van der Waals surface area contributed by atoms with Gasteiger partial charge in [0.05, 0.1) is 11.4 Å². The molecule has 2 aromatic rings. The quantitative estimate of drug-likeness (QED) is 0.782. The third-order valence-electron chi connectivity index (χ3n) is 2.89. The monoisotopic (exact) mass is 279 g/mol. The van der Waals surface area contributed by atoms with Crippen molar-refractivity contribution in [1.82, 2.24) is 9.71 Å². The molecule has 0 amide bonds. The molecule has 1 heterocycles. The maximum Gasteiger partial charge on any atom is 0.240 e. The highest BCUT2D eigenvalue weighted by Gasteiger charge is 2.14. The van der Waals surface area contributed by atoms with E-state index in [0.29, 0.717) is 11.4 Å². The molecule has 0 aliphatic carbocycles. The smallest absolute Gasteiger partial charge is 0.240 e. The van der Waals surface area contributed by atoms with Gasteiger partial charge in [-0.1, -0.05) is 6.07 Å². The molecule has 0 bridgehead atoms. The fourth-order valence-electron chi connectivity index (χ4n) is 1.78. The predicted molar refractivity (Wildman–Crippen MR) is 75.5 cm³/mol. The van der Waals surface area contributed by atoms with Crippen LogP contribution in [0.2, 0.25) is 0 Å². The van der Waals surface area contributed by atoms with Crippen molar-refractivity contribution in [3.05, 3.63) is 47.8 Å². The fourth-order valence-corrected chi connectivity index (χ4v) is 2.78. The average Bonchev–Trinajstić information content (AvgIpc) is 2.91. The van der Waals surface area contributed by atoms with Crippen molar-refractivity contribution in [2.24, 2.45) is 0 Å². The zero-order chi connectivity index (χ0) is 13.9. The van der Waals surface area contributed by atoms with Crippen LogP contribution in [0.4, 0.5) is 5.69 Å². The maximum absolute atomic E-state index is 11.9. The lowest BCUT2D eigenvalue weighted by atomic mass is 10.2. The van der Waals surface area contributed by atoms with Gasteiger partial charge in [-0.25, -0.2) is 13.1 Å². The molecular formula is C13H17N3O2S. The lowest BCUT2D eigenvalue weighted by Gasteiger charge is -2.10. The van der Waals surface area contributed by atoms with Crippen LogP contribution < -0.4 is 10.0 Å². The number of H-pyrrole nitrogens is 1. The molecule has 0 unspecified atom stereocenters. The highest BCUT2D eigenvalue weighted by molar-refractivity contribution is 7.89. The molecule has 102 valence electrons. The number of aromatic nitrogens is 1. The molecule has 3 N–H and O–H groups in total. The van der Waals surface area contributed by atoms with Crippen LogP contribution in [-0.4, -0.2) is 20.4 Å². The van der Waals surface area contributed by atoms with Crippen molar-refractivity contribution in [1.29, 1.82) is 0 Å². The maximum atomic E-state index is 11.9. The first-order valence-corrected chi connectivity index (χ1v) is 7.41. The largest absolute Gasteiger partial charge is 0.379 e. The van der Waals surface area contributed by atoms with Crippen LogP contribution in [0, 0.1) is 6.92 Å². The average molecular weight is 279 g/mol. The van der Waals surface area contributed by atoms with E-state index in [4.69, 9.17) is 0 Å². The van der Waals surface area contributed by atoms with Crippen molar-refractivity contribution in [2.45, 2.75) is 18.4 Å². The van der Waals surface area contributed by atoms with E-state index in [1.807, 2.05) is 24.4 Å². The lowest BCUT2D eigenvalue weighted by Crippen LogP contribution is -2.19. The molecule has 0 aliphatic rings. The Labute approximate surface area is 113 Å². The summed E-state index contributed by atoms with van der Waals surface area (Å²) >= 11 is 0. The normalized spacial score (nSPS) is 11.5. The standard InChI is InChI=1S/C13H17N3O2S/c1-10-5-6-11(8-13(10)19(17,18)14-2)16-9-12-4-3-7-15-12/h3-8,14-16H,9H2,1-2H3. The highest BCUT2D eigenvalue weighted by atomic mass is 32.2.